The highest BCUT2D eigenvalue weighted by Crippen LogP contribution is 2.23. The number of aryl methyl sites for hydroxylation is 2. The Labute approximate surface area is 168 Å². The molecule has 3 heterocycles. The Balaban J connectivity index is 1.76. The van der Waals surface area contributed by atoms with Crippen LogP contribution in [-0.4, -0.2) is 32.5 Å². The molecule has 0 aromatic carbocycles. The van der Waals surface area contributed by atoms with Gasteiger partial charge >= 0.3 is 5.97 Å². The zero-order valence-corrected chi connectivity index (χ0v) is 17.9. The molecule has 0 amide bonds. The summed E-state index contributed by atoms with van der Waals surface area (Å²) in [6, 6.07) is 3.88. The minimum atomic E-state index is -0.470. The number of carbonyl (C=O) groups excluding carboxylic acids is 2. The van der Waals surface area contributed by atoms with Crippen LogP contribution in [0.3, 0.4) is 0 Å². The summed E-state index contributed by atoms with van der Waals surface area (Å²) in [6.45, 7) is 11.5. The quantitative estimate of drug-likeness (QED) is 0.449. The van der Waals surface area contributed by atoms with E-state index in [-0.39, 0.29) is 18.4 Å². The van der Waals surface area contributed by atoms with Crippen LogP contribution in [-0.2, 0) is 4.74 Å². The Morgan fingerprint density at radius 3 is 2.32 bits per heavy atom. The van der Waals surface area contributed by atoms with Gasteiger partial charge in [-0.3, -0.25) is 9.36 Å². The number of nitrogens with zero attached hydrogens (tertiary/aromatic N) is 3. The van der Waals surface area contributed by atoms with Crippen LogP contribution in [0, 0.1) is 27.7 Å². The number of ketones is 1. The van der Waals surface area contributed by atoms with Gasteiger partial charge in [0.15, 0.2) is 11.7 Å². The minimum absolute atomic E-state index is 0.220. The van der Waals surface area contributed by atoms with Crippen LogP contribution in [0.15, 0.2) is 23.7 Å². The summed E-state index contributed by atoms with van der Waals surface area (Å²) < 4.78 is 9.37. The van der Waals surface area contributed by atoms with Gasteiger partial charge < -0.3 is 9.30 Å². The molecular weight excluding hydrogens is 374 g/mol. The molecule has 3 aromatic rings. The van der Waals surface area contributed by atoms with Crippen molar-refractivity contribution in [1.82, 2.24) is 14.1 Å². The Hall–Kier alpha value is -2.67. The normalized spacial score (nSPS) is 11.2. The molecule has 7 heteroatoms. The van der Waals surface area contributed by atoms with E-state index in [1.165, 1.54) is 11.3 Å². The lowest BCUT2D eigenvalue weighted by Crippen LogP contribution is -2.16. The average molecular weight is 400 g/mol. The van der Waals surface area contributed by atoms with Gasteiger partial charge in [-0.05, 0) is 53.7 Å². The van der Waals surface area contributed by atoms with Crippen LogP contribution < -0.4 is 0 Å². The van der Waals surface area contributed by atoms with E-state index >= 15 is 0 Å². The third-order valence-corrected chi connectivity index (χ3v) is 5.65. The first-order valence-electron chi connectivity index (χ1n) is 9.20. The summed E-state index contributed by atoms with van der Waals surface area (Å²) in [5.74, 6) is -0.691. The maximum absolute atomic E-state index is 12.7. The van der Waals surface area contributed by atoms with Crippen molar-refractivity contribution in [2.24, 2.45) is 0 Å². The number of esters is 1. The molecule has 0 aliphatic carbocycles. The van der Waals surface area contributed by atoms with Crippen LogP contribution in [0.1, 0.15) is 63.4 Å². The average Bonchev–Trinajstić information content (AvgIpc) is 3.31. The number of aromatic nitrogens is 3. The number of hydrogen-bond donors (Lipinski definition) is 0. The summed E-state index contributed by atoms with van der Waals surface area (Å²) in [4.78, 5) is 29.5. The van der Waals surface area contributed by atoms with Crippen molar-refractivity contribution in [2.75, 3.05) is 6.61 Å². The predicted octanol–water partition coefficient (Wildman–Crippen LogP) is 4.59. The summed E-state index contributed by atoms with van der Waals surface area (Å²) in [7, 11) is 0. The summed E-state index contributed by atoms with van der Waals surface area (Å²) in [5.41, 5.74) is 4.62. The van der Waals surface area contributed by atoms with E-state index in [1.807, 2.05) is 49.8 Å². The molecule has 0 spiro atoms. The maximum Gasteiger partial charge on any atom is 0.340 e. The van der Waals surface area contributed by atoms with E-state index in [4.69, 9.17) is 4.74 Å². The molecule has 0 aliphatic heterocycles. The Kier molecular flexibility index (Phi) is 5.56. The van der Waals surface area contributed by atoms with Crippen molar-refractivity contribution in [3.05, 3.63) is 57.6 Å². The van der Waals surface area contributed by atoms with Crippen LogP contribution in [0.4, 0.5) is 0 Å². The smallest absolute Gasteiger partial charge is 0.340 e. The third-order valence-electron chi connectivity index (χ3n) is 4.90. The van der Waals surface area contributed by atoms with Gasteiger partial charge in [-0.1, -0.05) is 0 Å². The van der Waals surface area contributed by atoms with E-state index in [0.29, 0.717) is 11.1 Å². The SMILES string of the molecule is Cc1cc(C(=O)COC(=O)c2cc(C)n(C(C)C)c2C)c(C)n1-c1nccs1. The lowest BCUT2D eigenvalue weighted by atomic mass is 10.1. The second-order valence-electron chi connectivity index (χ2n) is 7.18. The van der Waals surface area contributed by atoms with Crippen molar-refractivity contribution < 1.29 is 14.3 Å². The molecule has 6 nitrogen and oxygen atoms in total. The molecule has 3 rings (SSSR count). The van der Waals surface area contributed by atoms with E-state index in [2.05, 4.69) is 23.4 Å². The predicted molar refractivity (Wildman–Crippen MR) is 110 cm³/mol. The van der Waals surface area contributed by atoms with Gasteiger partial charge in [0.1, 0.15) is 0 Å². The van der Waals surface area contributed by atoms with Crippen molar-refractivity contribution in [3.63, 3.8) is 0 Å². The summed E-state index contributed by atoms with van der Waals surface area (Å²) in [5, 5.41) is 2.71. The zero-order chi connectivity index (χ0) is 20.6. The van der Waals surface area contributed by atoms with Crippen LogP contribution in [0.5, 0.6) is 0 Å². The number of carbonyl (C=O) groups is 2. The fourth-order valence-corrected chi connectivity index (χ4v) is 4.48. The van der Waals surface area contributed by atoms with E-state index in [0.717, 1.165) is 27.9 Å². The first-order valence-corrected chi connectivity index (χ1v) is 10.1. The standard InChI is InChI=1S/C21H25N3O3S/c1-12(2)23-13(3)10-18(16(23)6)20(26)27-11-19(25)17-9-14(4)24(15(17)5)21-22-7-8-28-21/h7-10,12H,11H2,1-6H3. The van der Waals surface area contributed by atoms with E-state index < -0.39 is 5.97 Å². The molecule has 28 heavy (non-hydrogen) atoms. The van der Waals surface area contributed by atoms with Crippen molar-refractivity contribution in [3.8, 4) is 5.13 Å². The third kappa shape index (κ3) is 3.54. The topological polar surface area (TPSA) is 66.1 Å². The van der Waals surface area contributed by atoms with Gasteiger partial charge in [0.05, 0.1) is 5.56 Å². The van der Waals surface area contributed by atoms with Crippen molar-refractivity contribution >= 4 is 23.1 Å². The molecule has 0 saturated carbocycles. The van der Waals surface area contributed by atoms with Crippen molar-refractivity contribution in [1.29, 1.82) is 0 Å². The lowest BCUT2D eigenvalue weighted by molar-refractivity contribution is 0.0473. The summed E-state index contributed by atoms with van der Waals surface area (Å²) >= 11 is 1.51. The molecule has 0 N–H and O–H groups in total. The molecule has 0 bridgehead atoms. The molecule has 0 fully saturated rings. The molecule has 0 radical (unpaired) electrons. The highest BCUT2D eigenvalue weighted by molar-refractivity contribution is 7.12. The second kappa shape index (κ2) is 7.75. The minimum Gasteiger partial charge on any atom is -0.454 e. The molecule has 0 atom stereocenters. The van der Waals surface area contributed by atoms with Crippen molar-refractivity contribution in [2.45, 2.75) is 47.6 Å². The monoisotopic (exact) mass is 399 g/mol. The Morgan fingerprint density at radius 1 is 1.07 bits per heavy atom. The fraction of sp³-hybridized carbons (Fsp3) is 0.381. The fourth-order valence-electron chi connectivity index (χ4n) is 3.73. The molecule has 0 unspecified atom stereocenters. The Morgan fingerprint density at radius 2 is 1.75 bits per heavy atom. The molecule has 3 aromatic heterocycles. The van der Waals surface area contributed by atoms with Gasteiger partial charge in [-0.2, -0.15) is 0 Å². The maximum atomic E-state index is 12.7. The molecule has 148 valence electrons. The highest BCUT2D eigenvalue weighted by Gasteiger charge is 2.22. The number of ether oxygens (including phenoxy) is 1. The zero-order valence-electron chi connectivity index (χ0n) is 17.1. The van der Waals surface area contributed by atoms with Gasteiger partial charge in [-0.25, -0.2) is 9.78 Å². The number of rotatable bonds is 6. The first-order chi connectivity index (χ1) is 13.2. The van der Waals surface area contributed by atoms with Gasteiger partial charge in [-0.15, -0.1) is 11.3 Å². The van der Waals surface area contributed by atoms with Crippen LogP contribution in [0.2, 0.25) is 0 Å². The van der Waals surface area contributed by atoms with E-state index in [1.54, 1.807) is 6.20 Å². The van der Waals surface area contributed by atoms with Crippen LogP contribution in [0.25, 0.3) is 5.13 Å². The Bertz CT molecular complexity index is 1030. The number of hydrogen-bond acceptors (Lipinski definition) is 5. The van der Waals surface area contributed by atoms with E-state index in [9.17, 15) is 9.59 Å². The number of Topliss-reactive ketones (excluding diaryl/α,β-unsaturated/α-hetero) is 1. The van der Waals surface area contributed by atoms with Gasteiger partial charge in [0, 0.05) is 46.0 Å². The summed E-state index contributed by atoms with van der Waals surface area (Å²) in [6.07, 6.45) is 1.73. The molecular formula is C21H25N3O3S. The van der Waals surface area contributed by atoms with Crippen LogP contribution >= 0.6 is 11.3 Å². The number of thiazole rings is 1. The largest absolute Gasteiger partial charge is 0.454 e. The first kappa shape index (κ1) is 20.1. The van der Waals surface area contributed by atoms with Gasteiger partial charge in [0.25, 0.3) is 0 Å². The lowest BCUT2D eigenvalue weighted by Gasteiger charge is -2.13. The molecule has 0 aliphatic rings. The highest BCUT2D eigenvalue weighted by atomic mass is 32.1. The van der Waals surface area contributed by atoms with Gasteiger partial charge in [0.2, 0.25) is 5.78 Å². The molecule has 0 saturated heterocycles. The second-order valence-corrected chi connectivity index (χ2v) is 8.06.